The molecule has 1 aliphatic rings. The predicted molar refractivity (Wildman–Crippen MR) is 118 cm³/mol. The summed E-state index contributed by atoms with van der Waals surface area (Å²) >= 11 is 7.29. The molecule has 1 heterocycles. The molecule has 2 aromatic rings. The highest BCUT2D eigenvalue weighted by molar-refractivity contribution is 7.99. The number of carbonyl (C=O) groups is 2. The summed E-state index contributed by atoms with van der Waals surface area (Å²) in [5, 5.41) is 21.4. The first-order valence-electron chi connectivity index (χ1n) is 9.53. The molecule has 0 bridgehead atoms. The van der Waals surface area contributed by atoms with Gasteiger partial charge in [0.1, 0.15) is 11.9 Å². The largest absolute Gasteiger partial charge is 0.465 e. The minimum atomic E-state index is -1.17. The number of amides is 2. The molecule has 0 aliphatic carbocycles. The van der Waals surface area contributed by atoms with E-state index >= 15 is 0 Å². The summed E-state index contributed by atoms with van der Waals surface area (Å²) < 4.78 is 14.3. The number of rotatable bonds is 5. The Kier molecular flexibility index (Phi) is 6.77. The van der Waals surface area contributed by atoms with E-state index in [1.54, 1.807) is 43.0 Å². The molecule has 2 aromatic carbocycles. The zero-order valence-corrected chi connectivity index (χ0v) is 18.6. The Morgan fingerprint density at radius 3 is 2.68 bits per heavy atom. The first kappa shape index (κ1) is 22.9. The lowest BCUT2D eigenvalue weighted by Crippen LogP contribution is -2.47. The van der Waals surface area contributed by atoms with Gasteiger partial charge >= 0.3 is 6.09 Å². The van der Waals surface area contributed by atoms with Gasteiger partial charge in [-0.15, -0.1) is 11.8 Å². The molecule has 2 amide bonds. The van der Waals surface area contributed by atoms with Gasteiger partial charge in [0.15, 0.2) is 0 Å². The average Bonchev–Trinajstić information content (AvgIpc) is 2.80. The number of benzene rings is 2. The lowest BCUT2D eigenvalue weighted by molar-refractivity contribution is -0.122. The fourth-order valence-electron chi connectivity index (χ4n) is 3.59. The van der Waals surface area contributed by atoms with Crippen LogP contribution in [0, 0.1) is 23.1 Å². The highest BCUT2D eigenvalue weighted by Crippen LogP contribution is 2.40. The molecule has 1 atom stereocenters. The van der Waals surface area contributed by atoms with Crippen LogP contribution in [-0.2, 0) is 11.3 Å². The molecule has 162 valence electrons. The molecule has 2 N–H and O–H groups in total. The SMILES string of the molecule is CC(C)(C[C@H]1CSc2cc(F)c(C#N)cc2N(Cc2ccc(Cl)cc2)C1=O)NC(=O)O. The van der Waals surface area contributed by atoms with Crippen LogP contribution in [0.5, 0.6) is 0 Å². The Bertz CT molecular complexity index is 1050. The van der Waals surface area contributed by atoms with Crippen molar-refractivity contribution in [2.45, 2.75) is 37.2 Å². The maximum absolute atomic E-state index is 14.3. The quantitative estimate of drug-likeness (QED) is 0.650. The Balaban J connectivity index is 2.01. The van der Waals surface area contributed by atoms with Crippen molar-refractivity contribution >= 4 is 41.1 Å². The van der Waals surface area contributed by atoms with Crippen molar-refractivity contribution < 1.29 is 19.1 Å². The second-order valence-corrected chi connectivity index (χ2v) is 9.49. The number of hydrogen-bond donors (Lipinski definition) is 2. The predicted octanol–water partition coefficient (Wildman–Crippen LogP) is 5.04. The van der Waals surface area contributed by atoms with Crippen LogP contribution in [0.4, 0.5) is 14.9 Å². The number of thioether (sulfide) groups is 1. The molecule has 0 aromatic heterocycles. The van der Waals surface area contributed by atoms with Crippen molar-refractivity contribution in [3.8, 4) is 6.07 Å². The number of carbonyl (C=O) groups excluding carboxylic acids is 1. The standard InChI is InChI=1S/C22H21ClFN3O3S/c1-22(2,26-21(29)30)9-15-12-31-19-8-17(24)14(10-25)7-18(19)27(20(15)28)11-13-3-5-16(23)6-4-13/h3-8,15,26H,9,11-12H2,1-2H3,(H,29,30)/t15-/m0/s1. The first-order chi connectivity index (χ1) is 14.6. The third-order valence-corrected chi connectivity index (χ3v) is 6.43. The van der Waals surface area contributed by atoms with E-state index in [-0.39, 0.29) is 24.4 Å². The zero-order chi connectivity index (χ0) is 22.8. The van der Waals surface area contributed by atoms with Gasteiger partial charge in [0.25, 0.3) is 0 Å². The zero-order valence-electron chi connectivity index (χ0n) is 17.0. The van der Waals surface area contributed by atoms with Crippen molar-refractivity contribution in [2.75, 3.05) is 10.7 Å². The molecule has 3 rings (SSSR count). The van der Waals surface area contributed by atoms with Crippen LogP contribution in [0.3, 0.4) is 0 Å². The van der Waals surface area contributed by atoms with Gasteiger partial charge in [-0.25, -0.2) is 9.18 Å². The molecular formula is C22H21ClFN3O3S. The van der Waals surface area contributed by atoms with E-state index in [0.717, 1.165) is 5.56 Å². The molecular weight excluding hydrogens is 441 g/mol. The summed E-state index contributed by atoms with van der Waals surface area (Å²) in [6, 6.07) is 11.5. The number of halogens is 2. The van der Waals surface area contributed by atoms with Gasteiger partial charge in [0, 0.05) is 21.2 Å². The van der Waals surface area contributed by atoms with Crippen molar-refractivity contribution in [2.24, 2.45) is 5.92 Å². The molecule has 1 aliphatic heterocycles. The van der Waals surface area contributed by atoms with Crippen LogP contribution in [0.25, 0.3) is 0 Å². The molecule has 0 saturated carbocycles. The minimum Gasteiger partial charge on any atom is -0.465 e. The lowest BCUT2D eigenvalue weighted by atomic mass is 9.90. The maximum atomic E-state index is 14.3. The Morgan fingerprint density at radius 2 is 2.06 bits per heavy atom. The fourth-order valence-corrected chi connectivity index (χ4v) is 4.87. The number of nitrogens with one attached hydrogen (secondary N) is 1. The fraction of sp³-hybridized carbons (Fsp3) is 0.318. The van der Waals surface area contributed by atoms with Crippen molar-refractivity contribution in [3.05, 3.63) is 58.4 Å². The second-order valence-electron chi connectivity index (χ2n) is 7.99. The Morgan fingerprint density at radius 1 is 1.39 bits per heavy atom. The van der Waals surface area contributed by atoms with E-state index in [2.05, 4.69) is 5.32 Å². The number of anilines is 1. The summed E-state index contributed by atoms with van der Waals surface area (Å²) in [6.45, 7) is 3.64. The molecule has 9 heteroatoms. The normalized spacial score (nSPS) is 16.3. The van der Waals surface area contributed by atoms with Crippen LogP contribution in [0.15, 0.2) is 41.3 Å². The number of carboxylic acid groups (broad SMARTS) is 1. The number of nitriles is 1. The van der Waals surface area contributed by atoms with Crippen LogP contribution in [0.2, 0.25) is 5.02 Å². The van der Waals surface area contributed by atoms with Crippen LogP contribution in [-0.4, -0.2) is 28.4 Å². The minimum absolute atomic E-state index is 0.139. The molecule has 0 fully saturated rings. The smallest absolute Gasteiger partial charge is 0.405 e. The van der Waals surface area contributed by atoms with E-state index in [1.165, 1.54) is 23.9 Å². The molecule has 0 saturated heterocycles. The summed E-state index contributed by atoms with van der Waals surface area (Å²) in [7, 11) is 0. The van der Waals surface area contributed by atoms with Crippen LogP contribution in [0.1, 0.15) is 31.4 Å². The van der Waals surface area contributed by atoms with Crippen molar-refractivity contribution in [3.63, 3.8) is 0 Å². The van der Waals surface area contributed by atoms with E-state index in [9.17, 15) is 19.2 Å². The number of nitrogens with zero attached hydrogens (tertiary/aromatic N) is 2. The van der Waals surface area contributed by atoms with Crippen LogP contribution >= 0.6 is 23.4 Å². The summed E-state index contributed by atoms with van der Waals surface area (Å²) in [5.74, 6) is -1.00. The van der Waals surface area contributed by atoms with Crippen LogP contribution < -0.4 is 10.2 Å². The second kappa shape index (κ2) is 9.16. The van der Waals surface area contributed by atoms with Gasteiger partial charge in [0.05, 0.1) is 23.7 Å². The van der Waals surface area contributed by atoms with E-state index in [1.807, 2.05) is 6.07 Å². The topological polar surface area (TPSA) is 93.4 Å². The summed E-state index contributed by atoms with van der Waals surface area (Å²) in [4.78, 5) is 26.8. The third kappa shape index (κ3) is 5.49. The van der Waals surface area contributed by atoms with Gasteiger partial charge in [-0.05, 0) is 50.1 Å². The summed E-state index contributed by atoms with van der Waals surface area (Å²) in [6.07, 6.45) is -0.898. The lowest BCUT2D eigenvalue weighted by Gasteiger charge is -2.31. The van der Waals surface area contributed by atoms with E-state index in [0.29, 0.717) is 21.4 Å². The van der Waals surface area contributed by atoms with Gasteiger partial charge in [-0.1, -0.05) is 23.7 Å². The van der Waals surface area contributed by atoms with Crippen molar-refractivity contribution in [1.29, 1.82) is 5.26 Å². The monoisotopic (exact) mass is 461 g/mol. The molecule has 0 spiro atoms. The maximum Gasteiger partial charge on any atom is 0.405 e. The molecule has 0 radical (unpaired) electrons. The van der Waals surface area contributed by atoms with Gasteiger partial charge in [0.2, 0.25) is 5.91 Å². The highest BCUT2D eigenvalue weighted by atomic mass is 35.5. The number of hydrogen-bond acceptors (Lipinski definition) is 4. The van der Waals surface area contributed by atoms with E-state index in [4.69, 9.17) is 16.7 Å². The van der Waals surface area contributed by atoms with Gasteiger partial charge in [-0.2, -0.15) is 5.26 Å². The molecule has 0 unspecified atom stereocenters. The summed E-state index contributed by atoms with van der Waals surface area (Å²) in [5.41, 5.74) is 0.312. The van der Waals surface area contributed by atoms with Gasteiger partial charge < -0.3 is 15.3 Å². The Hall–Kier alpha value is -2.76. The van der Waals surface area contributed by atoms with E-state index < -0.39 is 23.4 Å². The first-order valence-corrected chi connectivity index (χ1v) is 10.9. The molecule has 6 nitrogen and oxygen atoms in total. The Labute approximate surface area is 189 Å². The highest BCUT2D eigenvalue weighted by Gasteiger charge is 2.36. The number of fused-ring (bicyclic) bond motifs is 1. The average molecular weight is 462 g/mol. The van der Waals surface area contributed by atoms with Gasteiger partial charge in [-0.3, -0.25) is 4.79 Å². The molecule has 31 heavy (non-hydrogen) atoms. The third-order valence-electron chi connectivity index (χ3n) is 4.97. The van der Waals surface area contributed by atoms with Crippen molar-refractivity contribution in [1.82, 2.24) is 5.32 Å².